The Bertz CT molecular complexity index is 950. The van der Waals surface area contributed by atoms with E-state index in [1.165, 1.54) is 0 Å². The number of hydrogen-bond acceptors (Lipinski definition) is 5. The SMILES string of the molecule is COc1ccc2cc(COC(=O)C3COc4ccccc4O3)ccc2c1. The van der Waals surface area contributed by atoms with Crippen molar-refractivity contribution in [3.8, 4) is 17.2 Å². The Morgan fingerprint density at radius 3 is 2.65 bits per heavy atom. The van der Waals surface area contributed by atoms with Crippen LogP contribution in [-0.4, -0.2) is 25.8 Å². The largest absolute Gasteiger partial charge is 0.497 e. The van der Waals surface area contributed by atoms with E-state index in [4.69, 9.17) is 18.9 Å². The smallest absolute Gasteiger partial charge is 0.351 e. The van der Waals surface area contributed by atoms with Crippen LogP contribution in [-0.2, 0) is 16.1 Å². The van der Waals surface area contributed by atoms with Gasteiger partial charge in [-0.05, 0) is 46.7 Å². The molecule has 0 radical (unpaired) electrons. The Morgan fingerprint density at radius 2 is 1.81 bits per heavy atom. The van der Waals surface area contributed by atoms with Crippen LogP contribution in [0.2, 0.25) is 0 Å². The zero-order valence-electron chi connectivity index (χ0n) is 14.3. The standard InChI is InChI=1S/C21H18O5/c1-23-17-9-8-15-10-14(6-7-16(15)11-17)12-25-21(22)20-13-24-18-4-2-3-5-19(18)26-20/h2-11,20H,12-13H2,1H3. The first kappa shape index (κ1) is 16.3. The Morgan fingerprint density at radius 1 is 1.04 bits per heavy atom. The zero-order valence-corrected chi connectivity index (χ0v) is 14.3. The molecule has 1 unspecified atom stereocenters. The molecule has 0 N–H and O–H groups in total. The normalized spacial score (nSPS) is 15.5. The molecule has 1 atom stereocenters. The predicted octanol–water partition coefficient (Wildman–Crippen LogP) is 3.73. The summed E-state index contributed by atoms with van der Waals surface area (Å²) < 4.78 is 21.9. The fraction of sp³-hybridized carbons (Fsp3) is 0.190. The van der Waals surface area contributed by atoms with Gasteiger partial charge in [0.15, 0.2) is 11.5 Å². The number of fused-ring (bicyclic) bond motifs is 2. The average Bonchev–Trinajstić information content (AvgIpc) is 2.71. The second kappa shape index (κ2) is 6.96. The minimum Gasteiger partial charge on any atom is -0.497 e. The molecule has 0 saturated carbocycles. The van der Waals surface area contributed by atoms with Crippen molar-refractivity contribution in [2.45, 2.75) is 12.7 Å². The van der Waals surface area contributed by atoms with Crippen LogP contribution < -0.4 is 14.2 Å². The molecule has 1 aliphatic rings. The molecule has 0 saturated heterocycles. The van der Waals surface area contributed by atoms with E-state index in [0.717, 1.165) is 22.1 Å². The summed E-state index contributed by atoms with van der Waals surface area (Å²) in [4.78, 5) is 12.3. The van der Waals surface area contributed by atoms with E-state index in [1.54, 1.807) is 19.2 Å². The number of ether oxygens (including phenoxy) is 4. The topological polar surface area (TPSA) is 54.0 Å². The highest BCUT2D eigenvalue weighted by Gasteiger charge is 2.28. The Kier molecular flexibility index (Phi) is 4.35. The number of benzene rings is 3. The highest BCUT2D eigenvalue weighted by molar-refractivity contribution is 5.84. The molecule has 0 spiro atoms. The van der Waals surface area contributed by atoms with Crippen LogP contribution in [0.25, 0.3) is 10.8 Å². The van der Waals surface area contributed by atoms with Crippen LogP contribution in [0.1, 0.15) is 5.56 Å². The molecule has 0 bridgehead atoms. The molecular weight excluding hydrogens is 332 g/mol. The van der Waals surface area contributed by atoms with Crippen molar-refractivity contribution in [2.75, 3.05) is 13.7 Å². The van der Waals surface area contributed by atoms with E-state index in [2.05, 4.69) is 0 Å². The molecule has 5 nitrogen and oxygen atoms in total. The molecule has 26 heavy (non-hydrogen) atoms. The van der Waals surface area contributed by atoms with Crippen LogP contribution in [0.4, 0.5) is 0 Å². The van der Waals surface area contributed by atoms with Crippen molar-refractivity contribution in [1.29, 1.82) is 0 Å². The van der Waals surface area contributed by atoms with E-state index >= 15 is 0 Å². The maximum absolute atomic E-state index is 12.3. The first-order valence-corrected chi connectivity index (χ1v) is 8.35. The van der Waals surface area contributed by atoms with Gasteiger partial charge in [0.05, 0.1) is 7.11 Å². The Labute approximate surface area is 151 Å². The number of hydrogen-bond donors (Lipinski definition) is 0. The van der Waals surface area contributed by atoms with Gasteiger partial charge in [-0.25, -0.2) is 4.79 Å². The number of carbonyl (C=O) groups is 1. The lowest BCUT2D eigenvalue weighted by atomic mass is 10.1. The summed E-state index contributed by atoms with van der Waals surface area (Å²) in [7, 11) is 1.64. The second-order valence-electron chi connectivity index (χ2n) is 6.02. The molecule has 0 amide bonds. The van der Waals surface area contributed by atoms with Crippen LogP contribution in [0.15, 0.2) is 60.7 Å². The third-order valence-electron chi connectivity index (χ3n) is 4.26. The first-order chi connectivity index (χ1) is 12.7. The molecule has 0 aliphatic carbocycles. The number of esters is 1. The maximum Gasteiger partial charge on any atom is 0.351 e. The van der Waals surface area contributed by atoms with E-state index < -0.39 is 12.1 Å². The van der Waals surface area contributed by atoms with Crippen LogP contribution in [0.3, 0.4) is 0 Å². The molecule has 3 aromatic rings. The third kappa shape index (κ3) is 3.28. The molecular formula is C21H18O5. The summed E-state index contributed by atoms with van der Waals surface area (Å²) in [6.45, 7) is 0.329. The van der Waals surface area contributed by atoms with Gasteiger partial charge in [0, 0.05) is 0 Å². The lowest BCUT2D eigenvalue weighted by molar-refractivity contribution is -0.155. The van der Waals surface area contributed by atoms with Crippen LogP contribution in [0.5, 0.6) is 17.2 Å². The lowest BCUT2D eigenvalue weighted by Gasteiger charge is -2.24. The van der Waals surface area contributed by atoms with E-state index in [-0.39, 0.29) is 13.2 Å². The fourth-order valence-corrected chi connectivity index (χ4v) is 2.87. The minimum atomic E-state index is -0.755. The predicted molar refractivity (Wildman–Crippen MR) is 96.6 cm³/mol. The number of rotatable bonds is 4. The highest BCUT2D eigenvalue weighted by atomic mass is 16.6. The molecule has 5 heteroatoms. The Hall–Kier alpha value is -3.21. The van der Waals surface area contributed by atoms with Gasteiger partial charge in [-0.3, -0.25) is 0 Å². The zero-order chi connectivity index (χ0) is 17.9. The number of methoxy groups -OCH3 is 1. The monoisotopic (exact) mass is 350 g/mol. The minimum absolute atomic E-state index is 0.146. The molecule has 132 valence electrons. The summed E-state index contributed by atoms with van der Waals surface area (Å²) in [5.41, 5.74) is 0.910. The molecule has 0 aromatic heterocycles. The lowest BCUT2D eigenvalue weighted by Crippen LogP contribution is -2.37. The van der Waals surface area contributed by atoms with E-state index in [9.17, 15) is 4.79 Å². The van der Waals surface area contributed by atoms with Crippen molar-refractivity contribution in [3.63, 3.8) is 0 Å². The van der Waals surface area contributed by atoms with Gasteiger partial charge in [-0.15, -0.1) is 0 Å². The molecule has 3 aromatic carbocycles. The van der Waals surface area contributed by atoms with Gasteiger partial charge < -0.3 is 18.9 Å². The highest BCUT2D eigenvalue weighted by Crippen LogP contribution is 2.31. The first-order valence-electron chi connectivity index (χ1n) is 8.35. The van der Waals surface area contributed by atoms with Crippen molar-refractivity contribution >= 4 is 16.7 Å². The molecule has 4 rings (SSSR count). The van der Waals surface area contributed by atoms with E-state index in [0.29, 0.717) is 11.5 Å². The number of carbonyl (C=O) groups excluding carboxylic acids is 1. The van der Waals surface area contributed by atoms with Crippen molar-refractivity contribution in [2.24, 2.45) is 0 Å². The summed E-state index contributed by atoms with van der Waals surface area (Å²) in [6, 6.07) is 19.0. The quantitative estimate of drug-likeness (QED) is 0.671. The second-order valence-corrected chi connectivity index (χ2v) is 6.02. The van der Waals surface area contributed by atoms with Crippen molar-refractivity contribution in [1.82, 2.24) is 0 Å². The van der Waals surface area contributed by atoms with Crippen molar-refractivity contribution < 1.29 is 23.7 Å². The van der Waals surface area contributed by atoms with Crippen LogP contribution >= 0.6 is 0 Å². The van der Waals surface area contributed by atoms with Gasteiger partial charge >= 0.3 is 5.97 Å². The number of para-hydroxylation sites is 2. The fourth-order valence-electron chi connectivity index (χ4n) is 2.87. The average molecular weight is 350 g/mol. The Balaban J connectivity index is 1.41. The summed E-state index contributed by atoms with van der Waals surface area (Å²) in [6.07, 6.45) is -0.755. The molecule has 0 fully saturated rings. The summed E-state index contributed by atoms with van der Waals surface area (Å²) >= 11 is 0. The van der Waals surface area contributed by atoms with Gasteiger partial charge in [-0.1, -0.05) is 30.3 Å². The van der Waals surface area contributed by atoms with Gasteiger partial charge in [0.1, 0.15) is 19.0 Å². The summed E-state index contributed by atoms with van der Waals surface area (Å²) in [5.74, 6) is 1.57. The maximum atomic E-state index is 12.3. The van der Waals surface area contributed by atoms with Gasteiger partial charge in [-0.2, -0.15) is 0 Å². The van der Waals surface area contributed by atoms with Gasteiger partial charge in [0.25, 0.3) is 0 Å². The molecule has 1 aliphatic heterocycles. The van der Waals surface area contributed by atoms with Gasteiger partial charge in [0.2, 0.25) is 6.10 Å². The van der Waals surface area contributed by atoms with E-state index in [1.807, 2.05) is 48.5 Å². The molecule has 1 heterocycles. The third-order valence-corrected chi connectivity index (χ3v) is 4.26. The van der Waals surface area contributed by atoms with Crippen LogP contribution in [0, 0.1) is 0 Å². The van der Waals surface area contributed by atoms with Crippen molar-refractivity contribution in [3.05, 3.63) is 66.2 Å². The summed E-state index contributed by atoms with van der Waals surface area (Å²) in [5, 5.41) is 2.13.